The van der Waals surface area contributed by atoms with Crippen molar-refractivity contribution in [2.75, 3.05) is 18.8 Å². The molecular weight excluding hydrogens is 300 g/mol. The third-order valence-electron chi connectivity index (χ3n) is 6.66. The number of fused-ring (bicyclic) bond motifs is 5. The van der Waals surface area contributed by atoms with Gasteiger partial charge in [0.1, 0.15) is 0 Å². The lowest BCUT2D eigenvalue weighted by Crippen LogP contribution is -2.48. The van der Waals surface area contributed by atoms with Crippen LogP contribution < -0.4 is 5.32 Å². The van der Waals surface area contributed by atoms with Crippen LogP contribution in [-0.2, 0) is 9.84 Å². The smallest absolute Gasteiger partial charge is 0.317 e. The van der Waals surface area contributed by atoms with Crippen LogP contribution in [0.3, 0.4) is 0 Å². The molecule has 6 heteroatoms. The molecule has 124 valence electrons. The van der Waals surface area contributed by atoms with E-state index >= 15 is 0 Å². The maximum absolute atomic E-state index is 12.4. The van der Waals surface area contributed by atoms with Crippen molar-refractivity contribution in [3.05, 3.63) is 0 Å². The Morgan fingerprint density at radius 1 is 1.09 bits per heavy atom. The number of hydrogen-bond donors (Lipinski definition) is 1. The van der Waals surface area contributed by atoms with Gasteiger partial charge in [0.2, 0.25) is 0 Å². The van der Waals surface area contributed by atoms with Crippen molar-refractivity contribution >= 4 is 15.9 Å². The molecule has 5 atom stereocenters. The lowest BCUT2D eigenvalue weighted by molar-refractivity contribution is 0.184. The lowest BCUT2D eigenvalue weighted by atomic mass is 10.0. The van der Waals surface area contributed by atoms with Crippen molar-refractivity contribution in [1.29, 1.82) is 0 Å². The molecule has 2 bridgehead atoms. The van der Waals surface area contributed by atoms with E-state index in [-0.39, 0.29) is 17.0 Å². The molecule has 0 aromatic heterocycles. The van der Waals surface area contributed by atoms with Crippen LogP contribution in [0.25, 0.3) is 0 Å². The van der Waals surface area contributed by atoms with Crippen LogP contribution in [0.15, 0.2) is 0 Å². The first-order valence-electron chi connectivity index (χ1n) is 8.78. The Balaban J connectivity index is 1.29. The summed E-state index contributed by atoms with van der Waals surface area (Å²) in [5, 5.41) is 2.98. The number of piperidine rings is 1. The molecule has 1 unspecified atom stereocenters. The van der Waals surface area contributed by atoms with Gasteiger partial charge in [0.15, 0.2) is 9.84 Å². The van der Waals surface area contributed by atoms with Gasteiger partial charge in [-0.25, -0.2) is 13.2 Å². The summed E-state index contributed by atoms with van der Waals surface area (Å²) in [5.41, 5.74) is 0. The van der Waals surface area contributed by atoms with Crippen LogP contribution in [0.5, 0.6) is 0 Å². The molecule has 3 saturated carbocycles. The summed E-state index contributed by atoms with van der Waals surface area (Å²) in [6.07, 6.45) is 5.29. The van der Waals surface area contributed by atoms with Gasteiger partial charge in [-0.3, -0.25) is 0 Å². The van der Waals surface area contributed by atoms with Gasteiger partial charge >= 0.3 is 6.03 Å². The highest BCUT2D eigenvalue weighted by Gasteiger charge is 2.65. The maximum atomic E-state index is 12.4. The summed E-state index contributed by atoms with van der Waals surface area (Å²) in [4.78, 5) is 14.2. The monoisotopic (exact) mass is 326 g/mol. The van der Waals surface area contributed by atoms with Crippen molar-refractivity contribution in [2.45, 2.75) is 50.3 Å². The number of nitrogens with zero attached hydrogens (tertiary/aromatic N) is 1. The van der Waals surface area contributed by atoms with Crippen LogP contribution in [-0.4, -0.2) is 49.5 Å². The zero-order chi connectivity index (χ0) is 15.5. The second-order valence-electron chi connectivity index (χ2n) is 7.60. The average Bonchev–Trinajstić information content (AvgIpc) is 2.92. The Kier molecular flexibility index (Phi) is 3.44. The molecule has 5 nitrogen and oxygen atoms in total. The number of carbonyl (C=O) groups excluding carboxylic acids is 1. The average molecular weight is 326 g/mol. The Bertz CT molecular complexity index is 552. The normalized spacial score (nSPS) is 40.6. The predicted molar refractivity (Wildman–Crippen MR) is 84.2 cm³/mol. The van der Waals surface area contributed by atoms with E-state index in [0.717, 1.165) is 23.7 Å². The number of hydrogen-bond acceptors (Lipinski definition) is 3. The second kappa shape index (κ2) is 5.11. The minimum atomic E-state index is -2.96. The molecule has 1 saturated heterocycles. The van der Waals surface area contributed by atoms with E-state index < -0.39 is 9.84 Å². The quantitative estimate of drug-likeness (QED) is 0.857. The highest BCUT2D eigenvalue weighted by Crippen LogP contribution is 2.65. The fourth-order valence-electron chi connectivity index (χ4n) is 5.41. The van der Waals surface area contributed by atoms with Gasteiger partial charge < -0.3 is 10.2 Å². The molecule has 3 aliphatic carbocycles. The minimum Gasteiger partial charge on any atom is -0.335 e. The largest absolute Gasteiger partial charge is 0.335 e. The first-order chi connectivity index (χ1) is 10.5. The number of nitrogens with one attached hydrogen (secondary N) is 1. The van der Waals surface area contributed by atoms with E-state index in [1.165, 1.54) is 19.3 Å². The Morgan fingerprint density at radius 3 is 2.23 bits per heavy atom. The Labute approximate surface area is 132 Å². The van der Waals surface area contributed by atoms with Gasteiger partial charge in [0, 0.05) is 24.9 Å². The van der Waals surface area contributed by atoms with Crippen LogP contribution >= 0.6 is 0 Å². The highest BCUT2D eigenvalue weighted by atomic mass is 32.2. The molecular formula is C16H26N2O3S. The molecule has 22 heavy (non-hydrogen) atoms. The van der Waals surface area contributed by atoms with Gasteiger partial charge in [-0.1, -0.05) is 6.92 Å². The van der Waals surface area contributed by atoms with E-state index in [1.807, 2.05) is 4.90 Å². The molecule has 4 rings (SSSR count). The van der Waals surface area contributed by atoms with E-state index in [9.17, 15) is 13.2 Å². The first-order valence-corrected chi connectivity index (χ1v) is 10.5. The molecule has 1 aliphatic heterocycles. The van der Waals surface area contributed by atoms with E-state index in [1.54, 1.807) is 6.92 Å². The number of likely N-dealkylation sites (tertiary alicyclic amines) is 1. The van der Waals surface area contributed by atoms with Crippen LogP contribution in [0.2, 0.25) is 0 Å². The van der Waals surface area contributed by atoms with Crippen LogP contribution in [0.1, 0.15) is 39.0 Å². The lowest BCUT2D eigenvalue weighted by Gasteiger charge is -2.32. The molecule has 4 aliphatic rings. The summed E-state index contributed by atoms with van der Waals surface area (Å²) < 4.78 is 23.8. The van der Waals surface area contributed by atoms with Crippen molar-refractivity contribution in [3.63, 3.8) is 0 Å². The number of urea groups is 1. The molecule has 1 N–H and O–H groups in total. The van der Waals surface area contributed by atoms with Crippen LogP contribution in [0.4, 0.5) is 4.79 Å². The molecule has 0 radical (unpaired) electrons. The number of amides is 2. The van der Waals surface area contributed by atoms with Gasteiger partial charge in [0.25, 0.3) is 0 Å². The minimum absolute atomic E-state index is 0.0335. The second-order valence-corrected chi connectivity index (χ2v) is 10.2. The highest BCUT2D eigenvalue weighted by molar-refractivity contribution is 7.92. The molecule has 0 aromatic rings. The standard InChI is InChI=1S/C16H26N2O3S/c1-2-22(20,21)12-5-7-18(8-6-12)16(19)17-15-13-10-3-4-11(9-10)14(13)15/h10-15H,2-9H2,1H3,(H,17,19)/t10-,11-,13-,14+,15?/m0/s1. The third-order valence-corrected chi connectivity index (χ3v) is 8.96. The van der Waals surface area contributed by atoms with Crippen molar-refractivity contribution in [2.24, 2.45) is 23.7 Å². The summed E-state index contributed by atoms with van der Waals surface area (Å²) in [7, 11) is -2.96. The summed E-state index contributed by atoms with van der Waals surface area (Å²) in [6.45, 7) is 2.85. The molecule has 0 spiro atoms. The maximum Gasteiger partial charge on any atom is 0.317 e. The zero-order valence-electron chi connectivity index (χ0n) is 13.2. The Hall–Kier alpha value is -0.780. The van der Waals surface area contributed by atoms with Gasteiger partial charge in [-0.2, -0.15) is 0 Å². The van der Waals surface area contributed by atoms with E-state index in [4.69, 9.17) is 0 Å². The molecule has 2 amide bonds. The Morgan fingerprint density at radius 2 is 1.68 bits per heavy atom. The van der Waals surface area contributed by atoms with Gasteiger partial charge in [0.05, 0.1) is 5.25 Å². The molecule has 1 heterocycles. The predicted octanol–water partition coefficient (Wildman–Crippen LogP) is 1.64. The SMILES string of the molecule is CCS(=O)(=O)C1CCN(C(=O)NC2[C@@H]3[C@H]4CC[C@@H](C4)[C@H]23)CC1. The zero-order valence-corrected chi connectivity index (χ0v) is 14.0. The summed E-state index contributed by atoms with van der Waals surface area (Å²) in [5.74, 6) is 3.43. The first kappa shape index (κ1) is 14.8. The van der Waals surface area contributed by atoms with Gasteiger partial charge in [-0.15, -0.1) is 0 Å². The number of sulfone groups is 1. The van der Waals surface area contributed by atoms with E-state index in [0.29, 0.717) is 32.0 Å². The molecule has 4 fully saturated rings. The topological polar surface area (TPSA) is 66.5 Å². The van der Waals surface area contributed by atoms with Crippen molar-refractivity contribution in [3.8, 4) is 0 Å². The number of carbonyl (C=O) groups is 1. The van der Waals surface area contributed by atoms with Crippen molar-refractivity contribution in [1.82, 2.24) is 10.2 Å². The fourth-order valence-corrected chi connectivity index (χ4v) is 6.81. The third kappa shape index (κ3) is 2.25. The number of rotatable bonds is 3. The summed E-state index contributed by atoms with van der Waals surface area (Å²) in [6, 6.07) is 0.446. The summed E-state index contributed by atoms with van der Waals surface area (Å²) >= 11 is 0. The van der Waals surface area contributed by atoms with Gasteiger partial charge in [-0.05, 0) is 55.8 Å². The molecule has 0 aromatic carbocycles. The van der Waals surface area contributed by atoms with Crippen molar-refractivity contribution < 1.29 is 13.2 Å². The fraction of sp³-hybridized carbons (Fsp3) is 0.938. The van der Waals surface area contributed by atoms with Crippen LogP contribution in [0, 0.1) is 23.7 Å². The van der Waals surface area contributed by atoms with E-state index in [2.05, 4.69) is 5.32 Å².